The number of carboxylic acids is 1. The normalized spacial score (nSPS) is 19.2. The molecule has 21 heavy (non-hydrogen) atoms. The van der Waals surface area contributed by atoms with Gasteiger partial charge in [0.2, 0.25) is 11.8 Å². The highest BCUT2D eigenvalue weighted by atomic mass is 16.5. The summed E-state index contributed by atoms with van der Waals surface area (Å²) in [6.07, 6.45) is 0. The predicted octanol–water partition coefficient (Wildman–Crippen LogP) is 0.110. The molecule has 0 saturated carbocycles. The molecule has 1 fully saturated rings. The Morgan fingerprint density at radius 3 is 2.86 bits per heavy atom. The van der Waals surface area contributed by atoms with Crippen molar-refractivity contribution in [3.8, 4) is 5.75 Å². The number of hydrogen-bond donors (Lipinski definition) is 2. The maximum absolute atomic E-state index is 11.5. The van der Waals surface area contributed by atoms with Crippen LogP contribution in [0.15, 0.2) is 24.3 Å². The van der Waals surface area contributed by atoms with E-state index in [0.717, 1.165) is 0 Å². The lowest BCUT2D eigenvalue weighted by atomic mass is 10.2. The average Bonchev–Trinajstić information content (AvgIpc) is 2.44. The average molecular weight is 292 g/mol. The van der Waals surface area contributed by atoms with Gasteiger partial charge in [0.25, 0.3) is 0 Å². The van der Waals surface area contributed by atoms with Gasteiger partial charge < -0.3 is 9.84 Å². The van der Waals surface area contributed by atoms with Crippen LogP contribution in [0.1, 0.15) is 17.3 Å². The molecule has 1 atom stereocenters. The summed E-state index contributed by atoms with van der Waals surface area (Å²) < 4.78 is 5.45. The van der Waals surface area contributed by atoms with E-state index in [-0.39, 0.29) is 36.3 Å². The number of carboxylic acid groups (broad SMARTS) is 1. The summed E-state index contributed by atoms with van der Waals surface area (Å²) in [6, 6.07) is 5.91. The van der Waals surface area contributed by atoms with Crippen LogP contribution in [0.3, 0.4) is 0 Å². The molecule has 0 aliphatic carbocycles. The molecule has 0 radical (unpaired) electrons. The van der Waals surface area contributed by atoms with E-state index in [0.29, 0.717) is 6.54 Å². The molecule has 1 aromatic rings. The molecule has 0 aromatic heterocycles. The summed E-state index contributed by atoms with van der Waals surface area (Å²) in [5.74, 6) is -1.47. The van der Waals surface area contributed by atoms with Crippen molar-refractivity contribution in [2.45, 2.75) is 13.0 Å². The van der Waals surface area contributed by atoms with Crippen molar-refractivity contribution in [3.63, 3.8) is 0 Å². The second kappa shape index (κ2) is 6.36. The first kappa shape index (κ1) is 15.0. The zero-order valence-corrected chi connectivity index (χ0v) is 11.5. The largest absolute Gasteiger partial charge is 0.491 e. The summed E-state index contributed by atoms with van der Waals surface area (Å²) in [5, 5.41) is 11.3. The molecule has 0 bridgehead atoms. The van der Waals surface area contributed by atoms with E-state index < -0.39 is 12.0 Å². The van der Waals surface area contributed by atoms with Crippen molar-refractivity contribution in [1.29, 1.82) is 0 Å². The number of benzene rings is 1. The molecule has 0 spiro atoms. The van der Waals surface area contributed by atoms with E-state index in [1.807, 2.05) is 0 Å². The number of hydrogen-bond acceptors (Lipinski definition) is 5. The van der Waals surface area contributed by atoms with Gasteiger partial charge in [0.05, 0.1) is 12.6 Å². The molecule has 7 nitrogen and oxygen atoms in total. The third-order valence-corrected chi connectivity index (χ3v) is 3.29. The van der Waals surface area contributed by atoms with Gasteiger partial charge in [-0.1, -0.05) is 12.1 Å². The van der Waals surface area contributed by atoms with Gasteiger partial charge in [-0.3, -0.25) is 19.8 Å². The van der Waals surface area contributed by atoms with Crippen LogP contribution in [0.5, 0.6) is 5.75 Å². The quantitative estimate of drug-likeness (QED) is 0.748. The van der Waals surface area contributed by atoms with Gasteiger partial charge in [-0.2, -0.15) is 0 Å². The Bertz CT molecular complexity index is 572. The molecule has 2 N–H and O–H groups in total. The fraction of sp³-hybridized carbons (Fsp3) is 0.357. The Kier molecular flexibility index (Phi) is 4.54. The van der Waals surface area contributed by atoms with Crippen LogP contribution in [-0.2, 0) is 9.59 Å². The molecule has 1 saturated heterocycles. The van der Waals surface area contributed by atoms with Crippen LogP contribution >= 0.6 is 0 Å². The molecule has 1 heterocycles. The Balaban J connectivity index is 1.94. The number of imide groups is 1. The smallest absolute Gasteiger partial charge is 0.339 e. The Hall–Kier alpha value is -2.41. The maximum Gasteiger partial charge on any atom is 0.339 e. The molecule has 2 amide bonds. The van der Waals surface area contributed by atoms with E-state index in [1.165, 1.54) is 6.07 Å². The second-order valence-electron chi connectivity index (χ2n) is 4.71. The number of amides is 2. The van der Waals surface area contributed by atoms with Gasteiger partial charge in [-0.15, -0.1) is 0 Å². The second-order valence-corrected chi connectivity index (χ2v) is 4.71. The standard InChI is InChI=1S/C14H16N2O5/c1-9-13(18)15-12(17)8-16(9)6-7-21-11-5-3-2-4-10(11)14(19)20/h2-5,9H,6-8H2,1H3,(H,19,20)(H,15,17,18). The molecule has 2 rings (SSSR count). The fourth-order valence-corrected chi connectivity index (χ4v) is 2.08. The van der Waals surface area contributed by atoms with Crippen molar-refractivity contribution in [2.75, 3.05) is 19.7 Å². The van der Waals surface area contributed by atoms with Gasteiger partial charge in [0.15, 0.2) is 0 Å². The number of piperazine rings is 1. The molecule has 1 aliphatic heterocycles. The topological polar surface area (TPSA) is 95.9 Å². The summed E-state index contributed by atoms with van der Waals surface area (Å²) in [7, 11) is 0. The van der Waals surface area contributed by atoms with Crippen LogP contribution in [0.4, 0.5) is 0 Å². The van der Waals surface area contributed by atoms with Crippen LogP contribution in [0, 0.1) is 0 Å². The molecular weight excluding hydrogens is 276 g/mol. The number of carbonyl (C=O) groups is 3. The van der Waals surface area contributed by atoms with Gasteiger partial charge in [-0.25, -0.2) is 4.79 Å². The van der Waals surface area contributed by atoms with Gasteiger partial charge >= 0.3 is 5.97 Å². The Labute approximate surface area is 121 Å². The lowest BCUT2D eigenvalue weighted by Gasteiger charge is -2.31. The maximum atomic E-state index is 11.5. The third kappa shape index (κ3) is 3.57. The van der Waals surface area contributed by atoms with Crippen molar-refractivity contribution in [1.82, 2.24) is 10.2 Å². The zero-order valence-electron chi connectivity index (χ0n) is 11.5. The summed E-state index contributed by atoms with van der Waals surface area (Å²) in [4.78, 5) is 35.5. The monoisotopic (exact) mass is 292 g/mol. The van der Waals surface area contributed by atoms with Crippen LogP contribution in [0.2, 0.25) is 0 Å². The predicted molar refractivity (Wildman–Crippen MR) is 73.1 cm³/mol. The van der Waals surface area contributed by atoms with Crippen molar-refractivity contribution in [2.24, 2.45) is 0 Å². The zero-order chi connectivity index (χ0) is 15.4. The molecule has 1 aliphatic rings. The number of nitrogens with zero attached hydrogens (tertiary/aromatic N) is 1. The first-order valence-electron chi connectivity index (χ1n) is 6.52. The van der Waals surface area contributed by atoms with Crippen molar-refractivity contribution in [3.05, 3.63) is 29.8 Å². The van der Waals surface area contributed by atoms with E-state index in [9.17, 15) is 14.4 Å². The van der Waals surface area contributed by atoms with E-state index in [2.05, 4.69) is 5.32 Å². The van der Waals surface area contributed by atoms with E-state index in [4.69, 9.17) is 9.84 Å². The van der Waals surface area contributed by atoms with Crippen LogP contribution < -0.4 is 10.1 Å². The van der Waals surface area contributed by atoms with Gasteiger partial charge in [0, 0.05) is 6.54 Å². The van der Waals surface area contributed by atoms with Crippen LogP contribution in [0.25, 0.3) is 0 Å². The Morgan fingerprint density at radius 1 is 1.43 bits per heavy atom. The highest BCUT2D eigenvalue weighted by molar-refractivity contribution is 6.00. The van der Waals surface area contributed by atoms with Gasteiger partial charge in [0.1, 0.15) is 17.9 Å². The fourth-order valence-electron chi connectivity index (χ4n) is 2.08. The minimum atomic E-state index is -1.06. The van der Waals surface area contributed by atoms with Crippen molar-refractivity contribution >= 4 is 17.8 Å². The molecule has 112 valence electrons. The first-order chi connectivity index (χ1) is 9.99. The summed E-state index contributed by atoms with van der Waals surface area (Å²) >= 11 is 0. The minimum absolute atomic E-state index is 0.0815. The lowest BCUT2D eigenvalue weighted by Crippen LogP contribution is -2.57. The summed E-state index contributed by atoms with van der Waals surface area (Å²) in [5.41, 5.74) is 0.0815. The lowest BCUT2D eigenvalue weighted by molar-refractivity contribution is -0.139. The third-order valence-electron chi connectivity index (χ3n) is 3.29. The number of carbonyl (C=O) groups excluding carboxylic acids is 2. The molecular formula is C14H16N2O5. The summed E-state index contributed by atoms with van der Waals surface area (Å²) in [6.45, 7) is 2.37. The van der Waals surface area contributed by atoms with E-state index in [1.54, 1.807) is 30.0 Å². The number of ether oxygens (including phenoxy) is 1. The molecule has 1 aromatic carbocycles. The minimum Gasteiger partial charge on any atom is -0.491 e. The first-order valence-corrected chi connectivity index (χ1v) is 6.52. The Morgan fingerprint density at radius 2 is 2.14 bits per heavy atom. The highest BCUT2D eigenvalue weighted by Gasteiger charge is 2.29. The molecule has 7 heteroatoms. The number of nitrogens with one attached hydrogen (secondary N) is 1. The van der Waals surface area contributed by atoms with Gasteiger partial charge in [-0.05, 0) is 19.1 Å². The number of para-hydroxylation sites is 1. The number of aromatic carboxylic acids is 1. The molecule has 1 unspecified atom stereocenters. The highest BCUT2D eigenvalue weighted by Crippen LogP contribution is 2.17. The van der Waals surface area contributed by atoms with Crippen LogP contribution in [-0.4, -0.2) is 53.5 Å². The van der Waals surface area contributed by atoms with E-state index >= 15 is 0 Å². The number of rotatable bonds is 5. The SMILES string of the molecule is CC1C(=O)NC(=O)CN1CCOc1ccccc1C(=O)O. The van der Waals surface area contributed by atoms with Crippen molar-refractivity contribution < 1.29 is 24.2 Å².